The number of hydrogen-bond donors (Lipinski definition) is 2. The van der Waals surface area contributed by atoms with Crippen LogP contribution in [0.1, 0.15) is 5.56 Å². The van der Waals surface area contributed by atoms with Crippen molar-refractivity contribution in [2.75, 3.05) is 32.1 Å². The van der Waals surface area contributed by atoms with Crippen LogP contribution in [0.15, 0.2) is 48.5 Å². The SMILES string of the molecule is C[NH+](CCOc1ccc(Cl)cc1)CC(=O)Nc1ccccc1C(F)(F)F. The molecule has 0 radical (unpaired) electrons. The maximum Gasteiger partial charge on any atom is 0.418 e. The lowest BCUT2D eigenvalue weighted by molar-refractivity contribution is -0.871. The fourth-order valence-electron chi connectivity index (χ4n) is 2.27. The van der Waals surface area contributed by atoms with Gasteiger partial charge in [-0.2, -0.15) is 13.2 Å². The fraction of sp³-hybridized carbons (Fsp3) is 0.278. The summed E-state index contributed by atoms with van der Waals surface area (Å²) in [4.78, 5) is 12.8. The first-order valence-electron chi connectivity index (χ1n) is 7.91. The number of quaternary nitrogens is 1. The van der Waals surface area contributed by atoms with Crippen LogP contribution in [0.25, 0.3) is 0 Å². The maximum atomic E-state index is 12.9. The highest BCUT2D eigenvalue weighted by atomic mass is 35.5. The molecular weight excluding hydrogens is 369 g/mol. The second kappa shape index (κ2) is 8.91. The monoisotopic (exact) mass is 387 g/mol. The van der Waals surface area contributed by atoms with Gasteiger partial charge in [-0.25, -0.2) is 0 Å². The summed E-state index contributed by atoms with van der Waals surface area (Å²) < 4.78 is 44.3. The number of hydrogen-bond acceptors (Lipinski definition) is 2. The van der Waals surface area contributed by atoms with Gasteiger partial charge in [0.25, 0.3) is 5.91 Å². The van der Waals surface area contributed by atoms with E-state index in [2.05, 4.69) is 5.32 Å². The van der Waals surface area contributed by atoms with Crippen molar-refractivity contribution in [3.8, 4) is 5.75 Å². The quantitative estimate of drug-likeness (QED) is 0.767. The molecule has 2 aromatic rings. The molecule has 4 nitrogen and oxygen atoms in total. The average molecular weight is 388 g/mol. The molecule has 8 heteroatoms. The summed E-state index contributed by atoms with van der Waals surface area (Å²) in [6, 6.07) is 11.8. The molecule has 0 fully saturated rings. The van der Waals surface area contributed by atoms with Gasteiger partial charge in [0.2, 0.25) is 0 Å². The average Bonchev–Trinajstić information content (AvgIpc) is 2.56. The van der Waals surface area contributed by atoms with Gasteiger partial charge < -0.3 is 15.0 Å². The summed E-state index contributed by atoms with van der Waals surface area (Å²) in [5, 5.41) is 2.93. The van der Waals surface area contributed by atoms with Gasteiger partial charge in [0.05, 0.1) is 18.3 Å². The van der Waals surface area contributed by atoms with E-state index in [1.807, 2.05) is 0 Å². The van der Waals surface area contributed by atoms with Gasteiger partial charge in [0.15, 0.2) is 6.54 Å². The zero-order valence-corrected chi connectivity index (χ0v) is 14.8. The van der Waals surface area contributed by atoms with E-state index < -0.39 is 17.6 Å². The van der Waals surface area contributed by atoms with E-state index in [1.54, 1.807) is 31.3 Å². The number of rotatable bonds is 7. The Hall–Kier alpha value is -2.25. The van der Waals surface area contributed by atoms with Crippen LogP contribution in [-0.2, 0) is 11.0 Å². The van der Waals surface area contributed by atoms with Crippen LogP contribution in [0.5, 0.6) is 5.75 Å². The van der Waals surface area contributed by atoms with E-state index in [-0.39, 0.29) is 12.2 Å². The molecule has 0 saturated heterocycles. The summed E-state index contributed by atoms with van der Waals surface area (Å²) in [5.74, 6) is 0.163. The number of halogens is 4. The number of anilines is 1. The number of carbonyl (C=O) groups is 1. The lowest BCUT2D eigenvalue weighted by atomic mass is 10.1. The highest BCUT2D eigenvalue weighted by molar-refractivity contribution is 6.30. The second-order valence-electron chi connectivity index (χ2n) is 5.78. The van der Waals surface area contributed by atoms with Crippen molar-refractivity contribution in [3.63, 3.8) is 0 Å². The number of amides is 1. The molecule has 1 unspecified atom stereocenters. The Kier molecular flexibility index (Phi) is 6.88. The molecule has 2 N–H and O–H groups in total. The minimum atomic E-state index is -4.52. The predicted octanol–water partition coefficient (Wildman–Crippen LogP) is 2.89. The smallest absolute Gasteiger partial charge is 0.418 e. The summed E-state index contributed by atoms with van der Waals surface area (Å²) in [6.07, 6.45) is -4.52. The molecule has 1 atom stereocenters. The highest BCUT2D eigenvalue weighted by Crippen LogP contribution is 2.34. The topological polar surface area (TPSA) is 42.8 Å². The number of benzene rings is 2. The largest absolute Gasteiger partial charge is 0.488 e. The van der Waals surface area contributed by atoms with Crippen LogP contribution in [-0.4, -0.2) is 32.7 Å². The third-order valence-electron chi connectivity index (χ3n) is 3.58. The Balaban J connectivity index is 1.81. The molecule has 140 valence electrons. The standard InChI is InChI=1S/C18H18ClF3N2O2/c1-24(10-11-26-14-8-6-13(19)7-9-14)12-17(25)23-16-5-3-2-4-15(16)18(20,21)22/h2-9H,10-12H2,1H3,(H,23,25)/p+1. The fourth-order valence-corrected chi connectivity index (χ4v) is 2.40. The van der Waals surface area contributed by atoms with Gasteiger partial charge in [0.1, 0.15) is 18.9 Å². The number of ether oxygens (including phenoxy) is 1. The second-order valence-corrected chi connectivity index (χ2v) is 6.21. The third-order valence-corrected chi connectivity index (χ3v) is 3.83. The zero-order chi connectivity index (χ0) is 19.2. The first kappa shape index (κ1) is 20.1. The van der Waals surface area contributed by atoms with Crippen molar-refractivity contribution >= 4 is 23.2 Å². The predicted molar refractivity (Wildman–Crippen MR) is 93.6 cm³/mol. The van der Waals surface area contributed by atoms with Crippen LogP contribution in [0.2, 0.25) is 5.02 Å². The lowest BCUT2D eigenvalue weighted by Gasteiger charge is -2.16. The molecule has 0 aromatic heterocycles. The summed E-state index contributed by atoms with van der Waals surface area (Å²) in [6.45, 7) is 0.896. The van der Waals surface area contributed by atoms with Crippen molar-refractivity contribution in [2.45, 2.75) is 6.18 Å². The first-order valence-corrected chi connectivity index (χ1v) is 8.29. The lowest BCUT2D eigenvalue weighted by Crippen LogP contribution is -3.10. The number of nitrogens with one attached hydrogen (secondary N) is 2. The highest BCUT2D eigenvalue weighted by Gasteiger charge is 2.33. The summed E-state index contributed by atoms with van der Waals surface area (Å²) in [5.41, 5.74) is -1.10. The number of carbonyl (C=O) groups excluding carboxylic acids is 1. The molecule has 2 aromatic carbocycles. The Bertz CT molecular complexity index is 736. The van der Waals surface area contributed by atoms with Crippen LogP contribution >= 0.6 is 11.6 Å². The van der Waals surface area contributed by atoms with E-state index in [0.717, 1.165) is 11.0 Å². The van der Waals surface area contributed by atoms with Crippen molar-refractivity contribution in [3.05, 3.63) is 59.1 Å². The minimum Gasteiger partial charge on any atom is -0.488 e. The van der Waals surface area contributed by atoms with Crippen molar-refractivity contribution in [1.82, 2.24) is 0 Å². The number of para-hydroxylation sites is 1. The van der Waals surface area contributed by atoms with E-state index >= 15 is 0 Å². The van der Waals surface area contributed by atoms with Gasteiger partial charge in [-0.1, -0.05) is 23.7 Å². The minimum absolute atomic E-state index is 0.0240. The molecule has 0 bridgehead atoms. The third kappa shape index (κ3) is 6.24. The van der Waals surface area contributed by atoms with Crippen LogP contribution in [0, 0.1) is 0 Å². The van der Waals surface area contributed by atoms with Gasteiger partial charge in [-0.05, 0) is 36.4 Å². The summed E-state index contributed by atoms with van der Waals surface area (Å²) in [7, 11) is 1.76. The normalized spacial score (nSPS) is 12.5. The first-order chi connectivity index (χ1) is 12.3. The number of likely N-dealkylation sites (N-methyl/N-ethyl adjacent to an activating group) is 1. The van der Waals surface area contributed by atoms with Gasteiger partial charge in [-0.3, -0.25) is 4.79 Å². The molecule has 0 aliphatic rings. The van der Waals surface area contributed by atoms with E-state index in [0.29, 0.717) is 23.9 Å². The van der Waals surface area contributed by atoms with Gasteiger partial charge in [-0.15, -0.1) is 0 Å². The molecule has 1 amide bonds. The molecule has 0 aliphatic carbocycles. The van der Waals surface area contributed by atoms with Crippen molar-refractivity contribution < 1.29 is 27.6 Å². The van der Waals surface area contributed by atoms with Crippen molar-refractivity contribution in [2.24, 2.45) is 0 Å². The summed E-state index contributed by atoms with van der Waals surface area (Å²) >= 11 is 5.78. The molecule has 2 rings (SSSR count). The van der Waals surface area contributed by atoms with E-state index in [1.165, 1.54) is 18.2 Å². The number of alkyl halides is 3. The van der Waals surface area contributed by atoms with Crippen LogP contribution in [0.3, 0.4) is 0 Å². The molecule has 0 aliphatic heterocycles. The van der Waals surface area contributed by atoms with Gasteiger partial charge in [0, 0.05) is 5.02 Å². The Labute approximate surface area is 154 Å². The van der Waals surface area contributed by atoms with Crippen LogP contribution in [0.4, 0.5) is 18.9 Å². The zero-order valence-electron chi connectivity index (χ0n) is 14.1. The molecular formula is C18H19ClF3N2O2+. The molecule has 0 saturated carbocycles. The molecule has 0 spiro atoms. The van der Waals surface area contributed by atoms with E-state index in [9.17, 15) is 18.0 Å². The Morgan fingerprint density at radius 1 is 1.15 bits per heavy atom. The Morgan fingerprint density at radius 2 is 1.81 bits per heavy atom. The molecule has 26 heavy (non-hydrogen) atoms. The Morgan fingerprint density at radius 3 is 2.46 bits per heavy atom. The molecule has 0 heterocycles. The van der Waals surface area contributed by atoms with E-state index in [4.69, 9.17) is 16.3 Å². The van der Waals surface area contributed by atoms with Gasteiger partial charge >= 0.3 is 6.18 Å². The maximum absolute atomic E-state index is 12.9. The van der Waals surface area contributed by atoms with Crippen LogP contribution < -0.4 is 15.0 Å². The van der Waals surface area contributed by atoms with Crippen molar-refractivity contribution in [1.29, 1.82) is 0 Å².